The second-order valence-electron chi connectivity index (χ2n) is 5.14. The third-order valence-electron chi connectivity index (χ3n) is 3.59. The summed E-state index contributed by atoms with van der Waals surface area (Å²) < 4.78 is 2.27. The van der Waals surface area contributed by atoms with Crippen LogP contribution in [0, 0.1) is 0 Å². The monoisotopic (exact) mass is 259 g/mol. The number of para-hydroxylation sites is 2. The molecule has 2 aromatic rings. The van der Waals surface area contributed by atoms with Gasteiger partial charge < -0.3 is 9.88 Å². The zero-order valence-electron chi connectivity index (χ0n) is 12.1. The van der Waals surface area contributed by atoms with Gasteiger partial charge in [0.1, 0.15) is 0 Å². The number of hydrogen-bond acceptors (Lipinski definition) is 2. The van der Waals surface area contributed by atoms with E-state index < -0.39 is 0 Å². The number of hydrogen-bond donors (Lipinski definition) is 1. The normalized spacial score (nSPS) is 12.9. The second-order valence-corrected chi connectivity index (χ2v) is 5.14. The number of rotatable bonds is 8. The first-order valence-corrected chi connectivity index (χ1v) is 7.48. The topological polar surface area (TPSA) is 29.9 Å². The Kier molecular flexibility index (Phi) is 5.40. The Morgan fingerprint density at radius 3 is 2.84 bits per heavy atom. The van der Waals surface area contributed by atoms with Gasteiger partial charge in [-0.1, -0.05) is 45.2 Å². The molecule has 0 spiro atoms. The van der Waals surface area contributed by atoms with Crippen molar-refractivity contribution in [3.8, 4) is 0 Å². The van der Waals surface area contributed by atoms with Crippen LogP contribution in [-0.4, -0.2) is 22.1 Å². The lowest BCUT2D eigenvalue weighted by atomic mass is 10.1. The summed E-state index contributed by atoms with van der Waals surface area (Å²) in [4.78, 5) is 4.46. The number of aromatic nitrogens is 2. The largest absolute Gasteiger partial charge is 0.329 e. The van der Waals surface area contributed by atoms with Gasteiger partial charge in [-0.3, -0.25) is 0 Å². The van der Waals surface area contributed by atoms with E-state index in [4.69, 9.17) is 0 Å². The molecule has 0 aliphatic rings. The van der Waals surface area contributed by atoms with Crippen LogP contribution in [0.1, 0.15) is 39.5 Å². The molecule has 0 saturated heterocycles. The number of benzene rings is 1. The van der Waals surface area contributed by atoms with E-state index in [1.807, 2.05) is 12.4 Å². The molecule has 0 saturated carbocycles. The van der Waals surface area contributed by atoms with Gasteiger partial charge in [-0.25, -0.2) is 4.98 Å². The van der Waals surface area contributed by atoms with Gasteiger partial charge in [-0.2, -0.15) is 0 Å². The lowest BCUT2D eigenvalue weighted by molar-refractivity contribution is 0.421. The van der Waals surface area contributed by atoms with E-state index in [-0.39, 0.29) is 0 Å². The lowest BCUT2D eigenvalue weighted by Crippen LogP contribution is -2.32. The second kappa shape index (κ2) is 7.29. The maximum absolute atomic E-state index is 4.46. The van der Waals surface area contributed by atoms with E-state index in [1.54, 1.807) is 0 Å². The highest BCUT2D eigenvalue weighted by atomic mass is 15.1. The average Bonchev–Trinajstić information content (AvgIpc) is 2.83. The van der Waals surface area contributed by atoms with Crippen LogP contribution >= 0.6 is 0 Å². The Balaban J connectivity index is 2.03. The van der Waals surface area contributed by atoms with E-state index in [0.717, 1.165) is 18.6 Å². The van der Waals surface area contributed by atoms with Crippen LogP contribution in [0.4, 0.5) is 0 Å². The Bertz CT molecular complexity index is 489. The lowest BCUT2D eigenvalue weighted by Gasteiger charge is -2.18. The SMILES string of the molecule is CCCCCC(Cn1cnc2ccccc21)NCC. The van der Waals surface area contributed by atoms with Crippen molar-refractivity contribution in [1.82, 2.24) is 14.9 Å². The van der Waals surface area contributed by atoms with Crippen LogP contribution in [0.2, 0.25) is 0 Å². The Labute approximate surface area is 116 Å². The number of imidazole rings is 1. The third kappa shape index (κ3) is 3.80. The number of fused-ring (bicyclic) bond motifs is 1. The van der Waals surface area contributed by atoms with Crippen LogP contribution in [0.15, 0.2) is 30.6 Å². The molecule has 3 nitrogen and oxygen atoms in total. The highest BCUT2D eigenvalue weighted by molar-refractivity contribution is 5.74. The van der Waals surface area contributed by atoms with Crippen molar-refractivity contribution in [3.63, 3.8) is 0 Å². The molecular weight excluding hydrogens is 234 g/mol. The van der Waals surface area contributed by atoms with Crippen molar-refractivity contribution < 1.29 is 0 Å². The molecule has 0 bridgehead atoms. The minimum absolute atomic E-state index is 0.550. The quantitative estimate of drug-likeness (QED) is 0.734. The number of likely N-dealkylation sites (N-methyl/N-ethyl adjacent to an activating group) is 1. The highest BCUT2D eigenvalue weighted by Crippen LogP contribution is 2.14. The van der Waals surface area contributed by atoms with Gasteiger partial charge >= 0.3 is 0 Å². The molecule has 0 radical (unpaired) electrons. The fraction of sp³-hybridized carbons (Fsp3) is 0.562. The zero-order chi connectivity index (χ0) is 13.5. The molecule has 1 aromatic heterocycles. The predicted molar refractivity (Wildman–Crippen MR) is 81.3 cm³/mol. The van der Waals surface area contributed by atoms with Crippen molar-refractivity contribution >= 4 is 11.0 Å². The number of nitrogens with one attached hydrogen (secondary N) is 1. The van der Waals surface area contributed by atoms with E-state index >= 15 is 0 Å². The van der Waals surface area contributed by atoms with E-state index in [1.165, 1.54) is 31.2 Å². The van der Waals surface area contributed by atoms with Crippen LogP contribution in [0.3, 0.4) is 0 Å². The van der Waals surface area contributed by atoms with Gasteiger partial charge in [0.05, 0.1) is 17.4 Å². The van der Waals surface area contributed by atoms with Gasteiger partial charge in [0.15, 0.2) is 0 Å². The molecule has 19 heavy (non-hydrogen) atoms. The fourth-order valence-corrected chi connectivity index (χ4v) is 2.58. The van der Waals surface area contributed by atoms with Crippen molar-refractivity contribution in [2.45, 2.75) is 52.1 Å². The standard InChI is InChI=1S/C16H25N3/c1-3-5-6-9-14(17-4-2)12-19-13-18-15-10-7-8-11-16(15)19/h7-8,10-11,13-14,17H,3-6,9,12H2,1-2H3. The summed E-state index contributed by atoms with van der Waals surface area (Å²) in [6.45, 7) is 6.48. The van der Waals surface area contributed by atoms with Gasteiger partial charge in [0.25, 0.3) is 0 Å². The van der Waals surface area contributed by atoms with Crippen molar-refractivity contribution in [1.29, 1.82) is 0 Å². The van der Waals surface area contributed by atoms with Gasteiger partial charge in [-0.15, -0.1) is 0 Å². The summed E-state index contributed by atoms with van der Waals surface area (Å²) >= 11 is 0. The number of nitrogens with zero attached hydrogens (tertiary/aromatic N) is 2. The predicted octanol–water partition coefficient (Wildman–Crippen LogP) is 3.59. The van der Waals surface area contributed by atoms with Crippen molar-refractivity contribution in [2.24, 2.45) is 0 Å². The minimum atomic E-state index is 0.550. The molecule has 0 amide bonds. The summed E-state index contributed by atoms with van der Waals surface area (Å²) in [5, 5.41) is 3.60. The number of unbranched alkanes of at least 4 members (excludes halogenated alkanes) is 2. The molecule has 0 aliphatic heterocycles. The molecule has 0 fully saturated rings. The van der Waals surface area contributed by atoms with E-state index in [2.05, 4.69) is 46.9 Å². The first-order chi connectivity index (χ1) is 9.35. The van der Waals surface area contributed by atoms with Crippen molar-refractivity contribution in [3.05, 3.63) is 30.6 Å². The first kappa shape index (κ1) is 14.1. The maximum Gasteiger partial charge on any atom is 0.0958 e. The highest BCUT2D eigenvalue weighted by Gasteiger charge is 2.10. The minimum Gasteiger partial charge on any atom is -0.329 e. The Morgan fingerprint density at radius 1 is 1.21 bits per heavy atom. The van der Waals surface area contributed by atoms with Crippen LogP contribution in [0.25, 0.3) is 11.0 Å². The summed E-state index contributed by atoms with van der Waals surface area (Å²) in [6, 6.07) is 8.90. The zero-order valence-corrected chi connectivity index (χ0v) is 12.1. The van der Waals surface area contributed by atoms with E-state index in [9.17, 15) is 0 Å². The molecular formula is C16H25N3. The smallest absolute Gasteiger partial charge is 0.0958 e. The molecule has 104 valence electrons. The summed E-state index contributed by atoms with van der Waals surface area (Å²) in [6.07, 6.45) is 7.13. The van der Waals surface area contributed by atoms with Gasteiger partial charge in [0, 0.05) is 12.6 Å². The maximum atomic E-state index is 4.46. The van der Waals surface area contributed by atoms with Gasteiger partial charge in [-0.05, 0) is 25.1 Å². The third-order valence-corrected chi connectivity index (χ3v) is 3.59. The molecule has 1 N–H and O–H groups in total. The first-order valence-electron chi connectivity index (χ1n) is 7.48. The molecule has 0 aliphatic carbocycles. The van der Waals surface area contributed by atoms with Crippen LogP contribution in [0.5, 0.6) is 0 Å². The van der Waals surface area contributed by atoms with Gasteiger partial charge in [0.2, 0.25) is 0 Å². The molecule has 1 heterocycles. The van der Waals surface area contributed by atoms with Crippen LogP contribution in [-0.2, 0) is 6.54 Å². The Hall–Kier alpha value is -1.35. The molecule has 1 aromatic carbocycles. The molecule has 1 atom stereocenters. The summed E-state index contributed by atoms with van der Waals surface area (Å²) in [5.74, 6) is 0. The summed E-state index contributed by atoms with van der Waals surface area (Å²) in [5.41, 5.74) is 2.33. The van der Waals surface area contributed by atoms with Crippen molar-refractivity contribution in [2.75, 3.05) is 6.54 Å². The molecule has 1 unspecified atom stereocenters. The molecule has 3 heteroatoms. The van der Waals surface area contributed by atoms with Crippen LogP contribution < -0.4 is 5.32 Å². The summed E-state index contributed by atoms with van der Waals surface area (Å²) in [7, 11) is 0. The fourth-order valence-electron chi connectivity index (χ4n) is 2.58. The molecule has 2 rings (SSSR count). The average molecular weight is 259 g/mol. The van der Waals surface area contributed by atoms with E-state index in [0.29, 0.717) is 6.04 Å². The Morgan fingerprint density at radius 2 is 2.05 bits per heavy atom.